The van der Waals surface area contributed by atoms with E-state index in [2.05, 4.69) is 10.6 Å². The Balaban J connectivity index is 1.92. The van der Waals surface area contributed by atoms with Crippen LogP contribution in [-0.4, -0.2) is 43.3 Å². The normalized spacial score (nSPS) is 26.1. The zero-order chi connectivity index (χ0) is 15.3. The number of anilines is 1. The van der Waals surface area contributed by atoms with Gasteiger partial charge in [-0.15, -0.1) is 0 Å². The molecule has 0 saturated carbocycles. The number of rotatable bonds is 2. The van der Waals surface area contributed by atoms with Crippen LogP contribution in [0.2, 0.25) is 0 Å². The first-order valence-electron chi connectivity index (χ1n) is 6.33. The number of nitrogen functional groups attached to an aromatic ring is 1. The monoisotopic (exact) mass is 310 g/mol. The highest BCUT2D eigenvalue weighted by Crippen LogP contribution is 2.31. The first-order valence-corrected chi connectivity index (χ1v) is 7.77. The molecule has 1 spiro atoms. The fraction of sp³-hybridized carbons (Fsp3) is 0.333. The predicted octanol–water partition coefficient (Wildman–Crippen LogP) is -0.759. The molecule has 8 nitrogen and oxygen atoms in total. The minimum absolute atomic E-state index is 0.00628. The SMILES string of the molecule is Nc1ccccc1S(=O)(=O)N1CCC2(C1)NC(=O)NC2=O. The molecule has 2 aliphatic heterocycles. The fourth-order valence-electron chi connectivity index (χ4n) is 2.65. The number of carbonyl (C=O) groups is 2. The summed E-state index contributed by atoms with van der Waals surface area (Å²) in [4.78, 5) is 23.1. The van der Waals surface area contributed by atoms with Crippen LogP contribution in [0.5, 0.6) is 0 Å². The van der Waals surface area contributed by atoms with E-state index in [-0.39, 0.29) is 30.1 Å². The van der Waals surface area contributed by atoms with Crippen molar-refractivity contribution in [1.29, 1.82) is 0 Å². The van der Waals surface area contributed by atoms with Crippen LogP contribution in [0.3, 0.4) is 0 Å². The molecular weight excluding hydrogens is 296 g/mol. The maximum atomic E-state index is 12.6. The average Bonchev–Trinajstić information content (AvgIpc) is 2.95. The molecule has 1 unspecified atom stereocenters. The van der Waals surface area contributed by atoms with Gasteiger partial charge in [0, 0.05) is 13.1 Å². The number of carbonyl (C=O) groups excluding carboxylic acids is 2. The van der Waals surface area contributed by atoms with Crippen LogP contribution in [0.25, 0.3) is 0 Å². The fourth-order valence-corrected chi connectivity index (χ4v) is 4.27. The molecule has 21 heavy (non-hydrogen) atoms. The predicted molar refractivity (Wildman–Crippen MR) is 73.6 cm³/mol. The smallest absolute Gasteiger partial charge is 0.322 e. The molecule has 0 aliphatic carbocycles. The molecule has 0 aromatic heterocycles. The molecule has 2 fully saturated rings. The van der Waals surface area contributed by atoms with Gasteiger partial charge in [-0.05, 0) is 18.6 Å². The Morgan fingerprint density at radius 2 is 1.95 bits per heavy atom. The quantitative estimate of drug-likeness (QED) is 0.490. The highest BCUT2D eigenvalue weighted by molar-refractivity contribution is 7.89. The number of sulfonamides is 1. The maximum absolute atomic E-state index is 12.6. The third-order valence-corrected chi connectivity index (χ3v) is 5.70. The van der Waals surface area contributed by atoms with Crippen LogP contribution < -0.4 is 16.4 Å². The summed E-state index contributed by atoms with van der Waals surface area (Å²) < 4.78 is 26.3. The summed E-state index contributed by atoms with van der Waals surface area (Å²) in [7, 11) is -3.80. The van der Waals surface area contributed by atoms with Crippen molar-refractivity contribution >= 4 is 27.6 Å². The van der Waals surface area contributed by atoms with Gasteiger partial charge in [-0.2, -0.15) is 4.31 Å². The second-order valence-electron chi connectivity index (χ2n) is 5.12. The first kappa shape index (κ1) is 13.8. The van der Waals surface area contributed by atoms with E-state index in [1.165, 1.54) is 16.4 Å². The van der Waals surface area contributed by atoms with Crippen molar-refractivity contribution in [2.75, 3.05) is 18.8 Å². The van der Waals surface area contributed by atoms with Crippen molar-refractivity contribution in [2.24, 2.45) is 0 Å². The summed E-state index contributed by atoms with van der Waals surface area (Å²) in [5.41, 5.74) is 4.69. The third-order valence-electron chi connectivity index (χ3n) is 3.79. The van der Waals surface area contributed by atoms with Gasteiger partial charge >= 0.3 is 6.03 Å². The van der Waals surface area contributed by atoms with Gasteiger partial charge in [-0.1, -0.05) is 12.1 Å². The van der Waals surface area contributed by atoms with Crippen molar-refractivity contribution in [3.05, 3.63) is 24.3 Å². The molecule has 0 radical (unpaired) electrons. The Morgan fingerprint density at radius 3 is 2.57 bits per heavy atom. The summed E-state index contributed by atoms with van der Waals surface area (Å²) >= 11 is 0. The number of amides is 3. The molecular formula is C12H14N4O4S. The Bertz CT molecular complexity index is 733. The van der Waals surface area contributed by atoms with Crippen LogP contribution in [0.4, 0.5) is 10.5 Å². The lowest BCUT2D eigenvalue weighted by atomic mass is 10.00. The third kappa shape index (κ3) is 2.05. The summed E-state index contributed by atoms with van der Waals surface area (Å²) in [6.45, 7) is 0.0472. The van der Waals surface area contributed by atoms with E-state index in [0.717, 1.165) is 0 Å². The number of nitrogens with two attached hydrogens (primary N) is 1. The van der Waals surface area contributed by atoms with Crippen LogP contribution >= 0.6 is 0 Å². The van der Waals surface area contributed by atoms with E-state index >= 15 is 0 Å². The van der Waals surface area contributed by atoms with E-state index in [9.17, 15) is 18.0 Å². The molecule has 0 bridgehead atoms. The van der Waals surface area contributed by atoms with E-state index in [0.29, 0.717) is 0 Å². The maximum Gasteiger partial charge on any atom is 0.322 e. The summed E-state index contributed by atoms with van der Waals surface area (Å²) in [5, 5.41) is 4.65. The Morgan fingerprint density at radius 1 is 1.24 bits per heavy atom. The molecule has 2 aliphatic rings. The lowest BCUT2D eigenvalue weighted by molar-refractivity contribution is -0.123. The lowest BCUT2D eigenvalue weighted by Gasteiger charge is -2.21. The molecule has 9 heteroatoms. The number of nitrogens with one attached hydrogen (secondary N) is 2. The largest absolute Gasteiger partial charge is 0.398 e. The molecule has 1 aromatic carbocycles. The summed E-state index contributed by atoms with van der Waals surface area (Å²) in [6.07, 6.45) is 0.233. The Hall–Kier alpha value is -2.13. The van der Waals surface area contributed by atoms with Gasteiger partial charge in [-0.3, -0.25) is 10.1 Å². The van der Waals surface area contributed by atoms with Crippen LogP contribution in [0, 0.1) is 0 Å². The zero-order valence-electron chi connectivity index (χ0n) is 11.0. The average molecular weight is 310 g/mol. The number of para-hydroxylation sites is 1. The highest BCUT2D eigenvalue weighted by Gasteiger charge is 2.53. The molecule has 112 valence electrons. The Labute approximate surface area is 121 Å². The van der Waals surface area contributed by atoms with Crippen molar-refractivity contribution < 1.29 is 18.0 Å². The van der Waals surface area contributed by atoms with Crippen LogP contribution in [0.15, 0.2) is 29.2 Å². The van der Waals surface area contributed by atoms with E-state index < -0.39 is 27.5 Å². The van der Waals surface area contributed by atoms with E-state index in [4.69, 9.17) is 5.73 Å². The molecule has 3 rings (SSSR count). The van der Waals surface area contributed by atoms with Gasteiger partial charge in [0.25, 0.3) is 5.91 Å². The molecule has 2 saturated heterocycles. The number of hydrogen-bond acceptors (Lipinski definition) is 5. The minimum Gasteiger partial charge on any atom is -0.398 e. The number of nitrogens with zero attached hydrogens (tertiary/aromatic N) is 1. The highest BCUT2D eigenvalue weighted by atomic mass is 32.2. The Kier molecular flexibility index (Phi) is 2.92. The first-order chi connectivity index (χ1) is 9.85. The molecule has 4 N–H and O–H groups in total. The van der Waals surface area contributed by atoms with Gasteiger partial charge in [0.1, 0.15) is 10.4 Å². The van der Waals surface area contributed by atoms with E-state index in [1.54, 1.807) is 12.1 Å². The zero-order valence-corrected chi connectivity index (χ0v) is 11.8. The number of urea groups is 1. The van der Waals surface area contributed by atoms with Gasteiger partial charge in [-0.25, -0.2) is 13.2 Å². The van der Waals surface area contributed by atoms with Crippen LogP contribution in [-0.2, 0) is 14.8 Å². The second-order valence-corrected chi connectivity index (χ2v) is 7.02. The van der Waals surface area contributed by atoms with Crippen molar-refractivity contribution in [2.45, 2.75) is 16.9 Å². The van der Waals surface area contributed by atoms with Gasteiger partial charge in [0.05, 0.1) is 5.69 Å². The van der Waals surface area contributed by atoms with E-state index in [1.807, 2.05) is 0 Å². The minimum atomic E-state index is -3.80. The topological polar surface area (TPSA) is 122 Å². The van der Waals surface area contributed by atoms with Crippen molar-refractivity contribution in [1.82, 2.24) is 14.9 Å². The molecule has 2 heterocycles. The lowest BCUT2D eigenvalue weighted by Crippen LogP contribution is -2.49. The van der Waals surface area contributed by atoms with Crippen molar-refractivity contribution in [3.8, 4) is 0 Å². The number of imide groups is 1. The van der Waals surface area contributed by atoms with Gasteiger partial charge in [0.15, 0.2) is 0 Å². The van der Waals surface area contributed by atoms with Gasteiger partial charge < -0.3 is 11.1 Å². The van der Waals surface area contributed by atoms with Crippen molar-refractivity contribution in [3.63, 3.8) is 0 Å². The molecule has 1 aromatic rings. The van der Waals surface area contributed by atoms with Gasteiger partial charge in [0.2, 0.25) is 10.0 Å². The standard InChI is InChI=1S/C12H14N4O4S/c13-8-3-1-2-4-9(8)21(19,20)16-6-5-12(7-16)10(17)14-11(18)15-12/h1-4H,5-7,13H2,(H2,14,15,17,18). The summed E-state index contributed by atoms with van der Waals surface area (Å²) in [5.74, 6) is -0.494. The second kappa shape index (κ2) is 4.43. The number of hydrogen-bond donors (Lipinski definition) is 3. The number of benzene rings is 1. The molecule has 3 amide bonds. The molecule has 1 atom stereocenters. The van der Waals surface area contributed by atoms with Crippen LogP contribution in [0.1, 0.15) is 6.42 Å². The summed E-state index contributed by atoms with van der Waals surface area (Å²) in [6, 6.07) is 5.55.